The molecule has 0 aliphatic rings. The van der Waals surface area contributed by atoms with Gasteiger partial charge in [0.15, 0.2) is 0 Å². The van der Waals surface area contributed by atoms with Crippen molar-refractivity contribution in [2.45, 2.75) is 393 Å². The lowest BCUT2D eigenvalue weighted by Gasteiger charge is -2.26. The van der Waals surface area contributed by atoms with Crippen LogP contribution in [-0.4, -0.2) is 49.2 Å². The van der Waals surface area contributed by atoms with Gasteiger partial charge in [-0.1, -0.05) is 279 Å². The Morgan fingerprint density at radius 1 is 0.279 bits per heavy atom. The smallest absolute Gasteiger partial charge is 0.323 e. The number of likely N-dealkylation sites (N-methyl/N-ethyl adjacent to an activating group) is 1. The third kappa shape index (κ3) is 63.8. The van der Waals surface area contributed by atoms with Gasteiger partial charge in [0.25, 0.3) is 0 Å². The molecule has 0 N–H and O–H groups in total. The SMILES string of the molecule is CCCCC/C=C/C/C=C/CCCCCCCCC(CCCCCCCC/C=C/C/C=C/CCCCC)OC(=O)CCC(C(=O)OC(CCCCCCCC/C=C/C/C=C/CCCCC)CCCCCCCC/C=C/C/C=C/CCCCC)N(C)C. The molecule has 1 atom stereocenters. The van der Waals surface area contributed by atoms with Crippen molar-refractivity contribution in [3.05, 3.63) is 97.2 Å². The Labute approximate surface area is 537 Å². The second-order valence-corrected chi connectivity index (χ2v) is 25.7. The fourth-order valence-corrected chi connectivity index (χ4v) is 11.3. The van der Waals surface area contributed by atoms with Crippen LogP contribution in [0.4, 0.5) is 0 Å². The van der Waals surface area contributed by atoms with Gasteiger partial charge in [-0.05, 0) is 200 Å². The summed E-state index contributed by atoms with van der Waals surface area (Å²) in [5, 5.41) is 0. The summed E-state index contributed by atoms with van der Waals surface area (Å²) in [5.74, 6) is -0.332. The average Bonchev–Trinajstić information content (AvgIpc) is 3.51. The minimum Gasteiger partial charge on any atom is -0.462 e. The number of allylic oxidation sites excluding steroid dienone is 16. The van der Waals surface area contributed by atoms with Gasteiger partial charge in [-0.3, -0.25) is 14.5 Å². The zero-order valence-corrected chi connectivity index (χ0v) is 58.2. The summed E-state index contributed by atoms with van der Waals surface area (Å²) >= 11 is 0. The van der Waals surface area contributed by atoms with Crippen molar-refractivity contribution in [2.75, 3.05) is 14.1 Å². The predicted molar refractivity (Wildman–Crippen MR) is 382 cm³/mol. The van der Waals surface area contributed by atoms with E-state index in [4.69, 9.17) is 9.47 Å². The van der Waals surface area contributed by atoms with E-state index in [1.807, 2.05) is 19.0 Å². The maximum Gasteiger partial charge on any atom is 0.323 e. The Morgan fingerprint density at radius 3 is 0.744 bits per heavy atom. The second-order valence-electron chi connectivity index (χ2n) is 25.7. The summed E-state index contributed by atoms with van der Waals surface area (Å²) in [6.07, 6.45) is 101. The summed E-state index contributed by atoms with van der Waals surface area (Å²) in [7, 11) is 3.91. The molecule has 0 saturated heterocycles. The molecule has 0 aliphatic heterocycles. The highest BCUT2D eigenvalue weighted by molar-refractivity contribution is 5.77. The van der Waals surface area contributed by atoms with E-state index in [0.717, 1.165) is 77.0 Å². The first-order valence-electron chi connectivity index (χ1n) is 37.7. The van der Waals surface area contributed by atoms with Crippen molar-refractivity contribution >= 4 is 11.9 Å². The molecular weight excluding hydrogens is 1050 g/mol. The molecule has 0 aromatic heterocycles. The van der Waals surface area contributed by atoms with E-state index in [-0.39, 0.29) is 30.6 Å². The highest BCUT2D eigenvalue weighted by atomic mass is 16.5. The van der Waals surface area contributed by atoms with Crippen LogP contribution in [0, 0.1) is 0 Å². The molecule has 0 saturated carbocycles. The third-order valence-corrected chi connectivity index (χ3v) is 17.0. The molecule has 498 valence electrons. The fourth-order valence-electron chi connectivity index (χ4n) is 11.3. The molecule has 0 fully saturated rings. The number of esters is 2. The Balaban J connectivity index is 5.30. The van der Waals surface area contributed by atoms with Gasteiger partial charge in [0.2, 0.25) is 0 Å². The minimum atomic E-state index is -0.462. The third-order valence-electron chi connectivity index (χ3n) is 17.0. The van der Waals surface area contributed by atoms with Crippen LogP contribution < -0.4 is 0 Å². The molecule has 0 aliphatic carbocycles. The maximum atomic E-state index is 14.1. The van der Waals surface area contributed by atoms with Crippen LogP contribution in [-0.2, 0) is 19.1 Å². The summed E-state index contributed by atoms with van der Waals surface area (Å²) in [4.78, 5) is 29.7. The molecule has 0 radical (unpaired) electrons. The van der Waals surface area contributed by atoms with Gasteiger partial charge < -0.3 is 9.47 Å². The van der Waals surface area contributed by atoms with Crippen molar-refractivity contribution < 1.29 is 19.1 Å². The first kappa shape index (κ1) is 82.8. The van der Waals surface area contributed by atoms with Crippen molar-refractivity contribution in [2.24, 2.45) is 0 Å². The first-order chi connectivity index (χ1) is 42.4. The van der Waals surface area contributed by atoms with Crippen LogP contribution >= 0.6 is 0 Å². The molecule has 5 nitrogen and oxygen atoms in total. The Bertz CT molecular complexity index is 1550. The molecule has 0 aromatic rings. The van der Waals surface area contributed by atoms with Crippen molar-refractivity contribution in [1.29, 1.82) is 0 Å². The lowest BCUT2D eigenvalue weighted by atomic mass is 10.0. The zero-order valence-electron chi connectivity index (χ0n) is 58.2. The Kier molecular flexibility index (Phi) is 68.3. The second kappa shape index (κ2) is 70.9. The van der Waals surface area contributed by atoms with E-state index in [1.54, 1.807) is 0 Å². The molecule has 0 rings (SSSR count). The molecule has 0 amide bonds. The maximum absolute atomic E-state index is 14.1. The van der Waals surface area contributed by atoms with E-state index in [9.17, 15) is 9.59 Å². The minimum absolute atomic E-state index is 0.0447. The van der Waals surface area contributed by atoms with Crippen molar-refractivity contribution in [3.63, 3.8) is 0 Å². The summed E-state index contributed by atoms with van der Waals surface area (Å²) in [6.45, 7) is 9.06. The standard InChI is InChI=1S/C81H145NO4/c1-7-11-15-19-23-27-31-35-39-43-47-51-55-59-63-67-71-77(72-68-64-60-56-52-48-44-40-36-32-28-24-20-16-12-8-2)85-80(83)76-75-79(82(5)6)81(84)86-78(73-69-65-61-57-53-49-45-41-37-33-29-25-21-17-13-9-3)74-70-66-62-58-54-50-46-42-38-34-30-26-22-18-14-10-4/h23-30,35-42,77-79H,7-22,31-34,43-76H2,1-6H3/b27-23+,28-24+,29-25+,30-26+,39-35+,40-36+,41-37+,42-38+. The van der Waals surface area contributed by atoms with Crippen molar-refractivity contribution in [1.82, 2.24) is 4.90 Å². The molecule has 0 heterocycles. The molecular formula is C81H145NO4. The first-order valence-corrected chi connectivity index (χ1v) is 37.7. The number of unbranched alkanes of at least 4 members (excludes halogenated alkanes) is 36. The van der Waals surface area contributed by atoms with Crippen LogP contribution in [0.25, 0.3) is 0 Å². The largest absolute Gasteiger partial charge is 0.462 e. The molecule has 0 spiro atoms. The number of carbonyl (C=O) groups is 2. The van der Waals surface area contributed by atoms with Crippen LogP contribution in [0.1, 0.15) is 374 Å². The van der Waals surface area contributed by atoms with E-state index in [0.29, 0.717) is 6.42 Å². The normalized spacial score (nSPS) is 12.9. The highest BCUT2D eigenvalue weighted by Gasteiger charge is 2.27. The Morgan fingerprint density at radius 2 is 0.500 bits per heavy atom. The summed E-state index contributed by atoms with van der Waals surface area (Å²) in [5.41, 5.74) is 0. The van der Waals surface area contributed by atoms with E-state index < -0.39 is 6.04 Å². The van der Waals surface area contributed by atoms with Crippen LogP contribution in [0.2, 0.25) is 0 Å². The number of ether oxygens (including phenoxy) is 2. The summed E-state index contributed by atoms with van der Waals surface area (Å²) in [6, 6.07) is -0.462. The molecule has 86 heavy (non-hydrogen) atoms. The number of nitrogens with zero attached hydrogens (tertiary/aromatic N) is 1. The van der Waals surface area contributed by atoms with Crippen LogP contribution in [0.5, 0.6) is 0 Å². The van der Waals surface area contributed by atoms with Gasteiger partial charge in [0.1, 0.15) is 18.2 Å². The van der Waals surface area contributed by atoms with E-state index >= 15 is 0 Å². The van der Waals surface area contributed by atoms with Gasteiger partial charge >= 0.3 is 11.9 Å². The highest BCUT2D eigenvalue weighted by Crippen LogP contribution is 2.22. The lowest BCUT2D eigenvalue weighted by molar-refractivity contribution is -0.156. The average molecular weight is 1200 g/mol. The zero-order chi connectivity index (χ0) is 62.4. The number of carbonyl (C=O) groups excluding carboxylic acids is 2. The van der Waals surface area contributed by atoms with Gasteiger partial charge in [0, 0.05) is 6.42 Å². The topological polar surface area (TPSA) is 55.8 Å². The van der Waals surface area contributed by atoms with Gasteiger partial charge in [-0.15, -0.1) is 0 Å². The van der Waals surface area contributed by atoms with E-state index in [2.05, 4.69) is 125 Å². The van der Waals surface area contributed by atoms with Crippen molar-refractivity contribution in [3.8, 4) is 0 Å². The molecule has 1 unspecified atom stereocenters. The van der Waals surface area contributed by atoms with Crippen LogP contribution in [0.15, 0.2) is 97.2 Å². The van der Waals surface area contributed by atoms with Gasteiger partial charge in [-0.25, -0.2) is 0 Å². The van der Waals surface area contributed by atoms with Gasteiger partial charge in [0.05, 0.1) is 0 Å². The number of hydrogen-bond acceptors (Lipinski definition) is 5. The quantitative estimate of drug-likeness (QED) is 0.0345. The lowest BCUT2D eigenvalue weighted by Crippen LogP contribution is -2.39. The molecule has 0 aromatic carbocycles. The Hall–Kier alpha value is -3.18. The summed E-state index contributed by atoms with van der Waals surface area (Å²) < 4.78 is 12.8. The number of hydrogen-bond donors (Lipinski definition) is 0. The van der Waals surface area contributed by atoms with Crippen LogP contribution in [0.3, 0.4) is 0 Å². The monoisotopic (exact) mass is 1200 g/mol. The molecule has 5 heteroatoms. The van der Waals surface area contributed by atoms with E-state index in [1.165, 1.54) is 257 Å². The number of rotatable bonds is 67. The van der Waals surface area contributed by atoms with Gasteiger partial charge in [-0.2, -0.15) is 0 Å². The molecule has 0 bridgehead atoms. The predicted octanol–water partition coefficient (Wildman–Crippen LogP) is 26.3. The fraction of sp³-hybridized carbons (Fsp3) is 0.778.